The fraction of sp³-hybridized carbons (Fsp3) is 0.231. The smallest absolute Gasteiger partial charge is 0.416 e. The molecule has 0 aliphatic heterocycles. The second-order valence-corrected chi connectivity index (χ2v) is 5.23. The van der Waals surface area contributed by atoms with E-state index in [0.717, 1.165) is 12.1 Å². The van der Waals surface area contributed by atoms with Gasteiger partial charge in [0.2, 0.25) is 0 Å². The molecule has 0 amide bonds. The molecule has 1 heterocycles. The van der Waals surface area contributed by atoms with Crippen molar-refractivity contribution in [3.8, 4) is 17.0 Å². The number of carboxylic acids is 1. The van der Waals surface area contributed by atoms with E-state index in [9.17, 15) is 18.0 Å². The molecule has 0 aliphatic carbocycles. The van der Waals surface area contributed by atoms with Gasteiger partial charge < -0.3 is 9.84 Å². The first-order valence-electron chi connectivity index (χ1n) is 5.87. The Kier molecular flexibility index (Phi) is 4.19. The van der Waals surface area contributed by atoms with Crippen LogP contribution in [-0.4, -0.2) is 28.0 Å². The normalized spacial score (nSPS) is 11.5. The largest absolute Gasteiger partial charge is 0.496 e. The quantitative estimate of drug-likeness (QED) is 0.886. The van der Waals surface area contributed by atoms with Gasteiger partial charge in [-0.3, -0.25) is 4.68 Å². The van der Waals surface area contributed by atoms with Crippen LogP contribution < -0.4 is 4.74 Å². The molecule has 0 radical (unpaired) electrons. The van der Waals surface area contributed by atoms with Crippen LogP contribution in [0, 0.1) is 0 Å². The van der Waals surface area contributed by atoms with Crippen LogP contribution in [0.25, 0.3) is 11.3 Å². The predicted octanol–water partition coefficient (Wildman–Crippen LogP) is 3.58. The number of carboxylic acid groups (broad SMARTS) is 1. The Morgan fingerprint density at radius 1 is 1.36 bits per heavy atom. The van der Waals surface area contributed by atoms with Gasteiger partial charge >= 0.3 is 12.1 Å². The maximum Gasteiger partial charge on any atom is 0.416 e. The SMILES string of the molecule is COc1cc(C(F)(F)F)cc(Br)c1-c1cc(C(=O)O)nn1C. The zero-order chi connectivity index (χ0) is 16.7. The molecule has 0 aliphatic rings. The minimum atomic E-state index is -4.52. The van der Waals surface area contributed by atoms with E-state index in [4.69, 9.17) is 9.84 Å². The van der Waals surface area contributed by atoms with E-state index in [1.165, 1.54) is 24.9 Å². The summed E-state index contributed by atoms with van der Waals surface area (Å²) >= 11 is 3.08. The van der Waals surface area contributed by atoms with Gasteiger partial charge in [-0.2, -0.15) is 18.3 Å². The molecular formula is C13H10BrF3N2O3. The van der Waals surface area contributed by atoms with Crippen LogP contribution in [0.4, 0.5) is 13.2 Å². The highest BCUT2D eigenvalue weighted by Gasteiger charge is 2.33. The Labute approximate surface area is 131 Å². The van der Waals surface area contributed by atoms with Gasteiger partial charge in [0.05, 0.1) is 23.9 Å². The predicted molar refractivity (Wildman–Crippen MR) is 74.9 cm³/mol. The Morgan fingerprint density at radius 3 is 2.45 bits per heavy atom. The first kappa shape index (κ1) is 16.3. The molecule has 1 aromatic heterocycles. The number of aromatic nitrogens is 2. The number of aromatic carboxylic acids is 1. The Hall–Kier alpha value is -2.03. The molecule has 1 N–H and O–H groups in total. The Bertz CT molecular complexity index is 741. The fourth-order valence-electron chi connectivity index (χ4n) is 1.96. The van der Waals surface area contributed by atoms with Gasteiger partial charge in [-0.15, -0.1) is 0 Å². The number of nitrogens with zero attached hydrogens (tertiary/aromatic N) is 2. The van der Waals surface area contributed by atoms with Gasteiger partial charge in [-0.25, -0.2) is 4.79 Å². The molecule has 2 aromatic rings. The summed E-state index contributed by atoms with van der Waals surface area (Å²) in [5.41, 5.74) is -0.486. The van der Waals surface area contributed by atoms with E-state index in [1.807, 2.05) is 0 Å². The van der Waals surface area contributed by atoms with Crippen molar-refractivity contribution < 1.29 is 27.8 Å². The van der Waals surface area contributed by atoms with E-state index < -0.39 is 17.7 Å². The third-order valence-corrected chi connectivity index (χ3v) is 3.58. The van der Waals surface area contributed by atoms with Crippen molar-refractivity contribution in [2.75, 3.05) is 7.11 Å². The number of halogens is 4. The summed E-state index contributed by atoms with van der Waals surface area (Å²) in [4.78, 5) is 11.0. The van der Waals surface area contributed by atoms with Crippen molar-refractivity contribution >= 4 is 21.9 Å². The molecule has 0 fully saturated rings. The molecule has 0 spiro atoms. The average Bonchev–Trinajstić information content (AvgIpc) is 2.78. The molecule has 5 nitrogen and oxygen atoms in total. The molecule has 0 saturated heterocycles. The number of ether oxygens (including phenoxy) is 1. The number of hydrogen-bond donors (Lipinski definition) is 1. The second kappa shape index (κ2) is 5.64. The molecule has 0 saturated carbocycles. The number of methoxy groups -OCH3 is 1. The minimum Gasteiger partial charge on any atom is -0.496 e. The first-order chi connectivity index (χ1) is 10.1. The highest BCUT2D eigenvalue weighted by atomic mass is 79.9. The van der Waals surface area contributed by atoms with Crippen LogP contribution in [0.3, 0.4) is 0 Å². The van der Waals surface area contributed by atoms with Crippen LogP contribution >= 0.6 is 15.9 Å². The lowest BCUT2D eigenvalue weighted by Crippen LogP contribution is -2.06. The van der Waals surface area contributed by atoms with Gasteiger partial charge in [0, 0.05) is 11.5 Å². The van der Waals surface area contributed by atoms with Crippen LogP contribution in [-0.2, 0) is 13.2 Å². The summed E-state index contributed by atoms with van der Waals surface area (Å²) in [6.07, 6.45) is -4.52. The maximum absolute atomic E-state index is 12.8. The molecule has 118 valence electrons. The lowest BCUT2D eigenvalue weighted by molar-refractivity contribution is -0.137. The maximum atomic E-state index is 12.8. The molecule has 2 rings (SSSR count). The van der Waals surface area contributed by atoms with Crippen molar-refractivity contribution in [2.24, 2.45) is 7.05 Å². The van der Waals surface area contributed by atoms with Gasteiger partial charge in [0.15, 0.2) is 5.69 Å². The molecule has 9 heteroatoms. The summed E-state index contributed by atoms with van der Waals surface area (Å²) in [6.45, 7) is 0. The van der Waals surface area contributed by atoms with E-state index >= 15 is 0 Å². The van der Waals surface area contributed by atoms with Crippen molar-refractivity contribution in [3.05, 3.63) is 33.9 Å². The highest BCUT2D eigenvalue weighted by molar-refractivity contribution is 9.10. The third-order valence-electron chi connectivity index (χ3n) is 2.96. The van der Waals surface area contributed by atoms with E-state index in [-0.39, 0.29) is 21.5 Å². The number of hydrogen-bond acceptors (Lipinski definition) is 3. The van der Waals surface area contributed by atoms with Crippen molar-refractivity contribution in [2.45, 2.75) is 6.18 Å². The molecule has 22 heavy (non-hydrogen) atoms. The minimum absolute atomic E-state index is 0.0401. The highest BCUT2D eigenvalue weighted by Crippen LogP contribution is 2.42. The first-order valence-corrected chi connectivity index (χ1v) is 6.67. The Balaban J connectivity index is 2.68. The van der Waals surface area contributed by atoms with Crippen LogP contribution in [0.5, 0.6) is 5.75 Å². The number of carbonyl (C=O) groups is 1. The molecule has 0 atom stereocenters. The molecule has 0 unspecified atom stereocenters. The van der Waals surface area contributed by atoms with Crippen molar-refractivity contribution in [1.82, 2.24) is 9.78 Å². The third kappa shape index (κ3) is 2.94. The fourth-order valence-corrected chi connectivity index (χ4v) is 2.61. The van der Waals surface area contributed by atoms with Crippen molar-refractivity contribution in [3.63, 3.8) is 0 Å². The summed E-state index contributed by atoms with van der Waals surface area (Å²) in [7, 11) is 2.73. The van der Waals surface area contributed by atoms with Gasteiger partial charge in [-0.05, 0) is 34.1 Å². The number of benzene rings is 1. The van der Waals surface area contributed by atoms with Crippen LogP contribution in [0.2, 0.25) is 0 Å². The van der Waals surface area contributed by atoms with Gasteiger partial charge in [-0.1, -0.05) is 0 Å². The monoisotopic (exact) mass is 378 g/mol. The van der Waals surface area contributed by atoms with Crippen LogP contribution in [0.15, 0.2) is 22.7 Å². The molecular weight excluding hydrogens is 369 g/mol. The number of rotatable bonds is 3. The van der Waals surface area contributed by atoms with Crippen LogP contribution in [0.1, 0.15) is 16.1 Å². The topological polar surface area (TPSA) is 64.3 Å². The van der Waals surface area contributed by atoms with Gasteiger partial charge in [0.1, 0.15) is 5.75 Å². The zero-order valence-electron chi connectivity index (χ0n) is 11.4. The lowest BCUT2D eigenvalue weighted by atomic mass is 10.1. The second-order valence-electron chi connectivity index (χ2n) is 4.38. The number of aryl methyl sites for hydroxylation is 1. The van der Waals surface area contributed by atoms with Gasteiger partial charge in [0.25, 0.3) is 0 Å². The standard InChI is InChI=1S/C13H10BrF3N2O3/c1-19-9(5-8(18-19)12(20)21)11-7(14)3-6(13(15,16)17)4-10(11)22-2/h3-5H,1-2H3,(H,20,21). The van der Waals surface area contributed by atoms with Crippen molar-refractivity contribution in [1.29, 1.82) is 0 Å². The summed E-state index contributed by atoms with van der Waals surface area (Å²) < 4.78 is 44.9. The summed E-state index contributed by atoms with van der Waals surface area (Å²) in [5.74, 6) is -1.27. The summed E-state index contributed by atoms with van der Waals surface area (Å²) in [6, 6.07) is 3.02. The van der Waals surface area contributed by atoms with E-state index in [1.54, 1.807) is 0 Å². The molecule has 0 bridgehead atoms. The number of alkyl halides is 3. The zero-order valence-corrected chi connectivity index (χ0v) is 13.0. The Morgan fingerprint density at radius 2 is 2.00 bits per heavy atom. The lowest BCUT2D eigenvalue weighted by Gasteiger charge is -2.15. The summed E-state index contributed by atoms with van der Waals surface area (Å²) in [5, 5.41) is 12.7. The molecule has 1 aromatic carbocycles. The van der Waals surface area contributed by atoms with E-state index in [2.05, 4.69) is 21.0 Å². The average molecular weight is 379 g/mol. The van der Waals surface area contributed by atoms with E-state index in [0.29, 0.717) is 5.69 Å².